The second kappa shape index (κ2) is 7.62. The monoisotopic (exact) mass is 487 g/mol. The molecule has 0 aliphatic carbocycles. The number of carboxylic acids is 1. The van der Waals surface area contributed by atoms with Crippen molar-refractivity contribution in [1.82, 2.24) is 14.8 Å². The molecule has 0 amide bonds. The lowest BCUT2D eigenvalue weighted by Gasteiger charge is -2.09. The minimum atomic E-state index is -1.25. The number of hydrogen-bond acceptors (Lipinski definition) is 4. The first-order chi connectivity index (χ1) is 14.3. The van der Waals surface area contributed by atoms with E-state index in [2.05, 4.69) is 26.0 Å². The van der Waals surface area contributed by atoms with Gasteiger partial charge >= 0.3 is 5.97 Å². The summed E-state index contributed by atoms with van der Waals surface area (Å²) in [5, 5.41) is 13.6. The molecule has 2 aromatic carbocycles. The molecule has 30 heavy (non-hydrogen) atoms. The molecule has 4 rings (SSSR count). The zero-order valence-electron chi connectivity index (χ0n) is 15.4. The molecule has 4 aromatic rings. The van der Waals surface area contributed by atoms with Crippen molar-refractivity contribution in [2.45, 2.75) is 6.92 Å². The number of carbonyl (C=O) groups excluding carboxylic acids is 1. The number of aryl methyl sites for hydroxylation is 1. The maximum absolute atomic E-state index is 14.7. The summed E-state index contributed by atoms with van der Waals surface area (Å²) >= 11 is 9.64. The summed E-state index contributed by atoms with van der Waals surface area (Å²) in [5.41, 5.74) is 1.55. The van der Waals surface area contributed by atoms with E-state index in [1.54, 1.807) is 31.2 Å². The van der Waals surface area contributed by atoms with Crippen molar-refractivity contribution < 1.29 is 19.1 Å². The Morgan fingerprint density at radius 3 is 2.63 bits per heavy atom. The Labute approximate surface area is 183 Å². The molecule has 0 fully saturated rings. The number of carbonyl (C=O) groups is 2. The molecule has 0 atom stereocenters. The van der Waals surface area contributed by atoms with Crippen LogP contribution in [0.1, 0.15) is 26.3 Å². The number of fused-ring (bicyclic) bond motifs is 1. The number of hydrogen-bond donors (Lipinski definition) is 1. The molecule has 2 aromatic heterocycles. The van der Waals surface area contributed by atoms with E-state index in [9.17, 15) is 14.0 Å². The SMILES string of the molecule is Cc1cc(Br)cc(Cl)c1C(=O)n1nc(-c2ccc(C(=O)O)cc2F)c2ncccc21. The number of halogens is 3. The second-order valence-electron chi connectivity index (χ2n) is 6.52. The number of aromatic carboxylic acids is 1. The molecular weight excluding hydrogens is 477 g/mol. The van der Waals surface area contributed by atoms with Gasteiger partial charge in [-0.2, -0.15) is 9.78 Å². The first-order valence-electron chi connectivity index (χ1n) is 8.65. The molecule has 6 nitrogen and oxygen atoms in total. The van der Waals surface area contributed by atoms with Crippen molar-refractivity contribution in [3.05, 3.63) is 80.7 Å². The smallest absolute Gasteiger partial charge is 0.335 e. The van der Waals surface area contributed by atoms with Crippen molar-refractivity contribution in [1.29, 1.82) is 0 Å². The van der Waals surface area contributed by atoms with Crippen LogP contribution in [0.2, 0.25) is 5.02 Å². The van der Waals surface area contributed by atoms with Crippen molar-refractivity contribution in [2.24, 2.45) is 0 Å². The van der Waals surface area contributed by atoms with Gasteiger partial charge in [-0.15, -0.1) is 0 Å². The molecule has 0 saturated heterocycles. The number of rotatable bonds is 3. The van der Waals surface area contributed by atoms with E-state index in [-0.39, 0.29) is 27.4 Å². The van der Waals surface area contributed by atoms with Crippen molar-refractivity contribution in [3.8, 4) is 11.3 Å². The highest BCUT2D eigenvalue weighted by Crippen LogP contribution is 2.31. The molecular formula is C21H12BrClFN3O3. The van der Waals surface area contributed by atoms with Crippen LogP contribution in [0.25, 0.3) is 22.3 Å². The van der Waals surface area contributed by atoms with Crippen molar-refractivity contribution in [3.63, 3.8) is 0 Å². The summed E-state index contributed by atoms with van der Waals surface area (Å²) in [7, 11) is 0. The van der Waals surface area contributed by atoms with Crippen LogP contribution in [-0.4, -0.2) is 31.7 Å². The summed E-state index contributed by atoms with van der Waals surface area (Å²) in [5.74, 6) is -2.52. The molecule has 0 radical (unpaired) electrons. The fourth-order valence-electron chi connectivity index (χ4n) is 3.21. The normalized spacial score (nSPS) is 11.1. The standard InChI is InChI=1S/C21H12BrClFN3O3/c1-10-7-12(22)9-14(23)17(10)20(28)27-16-3-2-6-25-19(16)18(26-27)13-5-4-11(21(29)30)8-15(13)24/h2-9H,1H3,(H,29,30). The molecule has 0 aliphatic heterocycles. The minimum Gasteiger partial charge on any atom is -0.478 e. The van der Waals surface area contributed by atoms with Gasteiger partial charge < -0.3 is 5.11 Å². The van der Waals surface area contributed by atoms with E-state index in [1.165, 1.54) is 18.3 Å². The zero-order chi connectivity index (χ0) is 21.6. The third-order valence-electron chi connectivity index (χ3n) is 4.57. The summed E-state index contributed by atoms with van der Waals surface area (Å²) in [6.45, 7) is 1.75. The summed E-state index contributed by atoms with van der Waals surface area (Å²) in [6.07, 6.45) is 1.50. The number of aromatic nitrogens is 3. The fourth-order valence-corrected chi connectivity index (χ4v) is 4.26. The summed E-state index contributed by atoms with van der Waals surface area (Å²) in [4.78, 5) is 28.6. The average molecular weight is 489 g/mol. The molecule has 9 heteroatoms. The van der Waals surface area contributed by atoms with Crippen LogP contribution in [0.3, 0.4) is 0 Å². The van der Waals surface area contributed by atoms with Gasteiger partial charge in [0.15, 0.2) is 0 Å². The molecule has 2 heterocycles. The third kappa shape index (κ3) is 3.38. The van der Waals surface area contributed by atoms with Crippen LogP contribution in [0.4, 0.5) is 4.39 Å². The van der Waals surface area contributed by atoms with E-state index in [0.29, 0.717) is 16.6 Å². The Hall–Kier alpha value is -3.10. The Kier molecular flexibility index (Phi) is 5.13. The van der Waals surface area contributed by atoms with Crippen molar-refractivity contribution in [2.75, 3.05) is 0 Å². The summed E-state index contributed by atoms with van der Waals surface area (Å²) < 4.78 is 16.5. The quantitative estimate of drug-likeness (QED) is 0.420. The van der Waals surface area contributed by atoms with Gasteiger partial charge in [-0.25, -0.2) is 9.18 Å². The van der Waals surface area contributed by atoms with Gasteiger partial charge in [-0.1, -0.05) is 27.5 Å². The average Bonchev–Trinajstić information content (AvgIpc) is 3.06. The Morgan fingerprint density at radius 1 is 1.20 bits per heavy atom. The topological polar surface area (TPSA) is 85.1 Å². The van der Waals surface area contributed by atoms with Crippen molar-refractivity contribution >= 4 is 50.4 Å². The van der Waals surface area contributed by atoms with Crippen LogP contribution in [0.5, 0.6) is 0 Å². The molecule has 0 saturated carbocycles. The van der Waals surface area contributed by atoms with E-state index >= 15 is 0 Å². The lowest BCUT2D eigenvalue weighted by molar-refractivity contribution is 0.0696. The van der Waals surface area contributed by atoms with Crippen LogP contribution in [-0.2, 0) is 0 Å². The number of nitrogens with zero attached hydrogens (tertiary/aromatic N) is 3. The van der Waals surface area contributed by atoms with Crippen LogP contribution < -0.4 is 0 Å². The molecule has 150 valence electrons. The van der Waals surface area contributed by atoms with E-state index in [4.69, 9.17) is 16.7 Å². The summed E-state index contributed by atoms with van der Waals surface area (Å²) in [6, 6.07) is 10.1. The van der Waals surface area contributed by atoms with Crippen LogP contribution >= 0.6 is 27.5 Å². The highest BCUT2D eigenvalue weighted by Gasteiger charge is 2.24. The minimum absolute atomic E-state index is 0.0360. The molecule has 0 spiro atoms. The second-order valence-corrected chi connectivity index (χ2v) is 7.84. The fraction of sp³-hybridized carbons (Fsp3) is 0.0476. The Balaban J connectivity index is 1.93. The lowest BCUT2D eigenvalue weighted by atomic mass is 10.1. The predicted molar refractivity (Wildman–Crippen MR) is 113 cm³/mol. The number of pyridine rings is 1. The number of carboxylic acid groups (broad SMARTS) is 1. The van der Waals surface area contributed by atoms with Gasteiger partial charge in [-0.3, -0.25) is 9.78 Å². The molecule has 0 unspecified atom stereocenters. The predicted octanol–water partition coefficient (Wildman–Crippen LogP) is 5.35. The molecule has 0 bridgehead atoms. The van der Waals surface area contributed by atoms with Crippen LogP contribution in [0.15, 0.2) is 53.1 Å². The highest BCUT2D eigenvalue weighted by atomic mass is 79.9. The van der Waals surface area contributed by atoms with Gasteiger partial charge in [0, 0.05) is 16.2 Å². The highest BCUT2D eigenvalue weighted by molar-refractivity contribution is 9.10. The first kappa shape index (κ1) is 20.2. The molecule has 0 aliphatic rings. The van der Waals surface area contributed by atoms with Gasteiger partial charge in [0.05, 0.1) is 21.7 Å². The van der Waals surface area contributed by atoms with Gasteiger partial charge in [0.2, 0.25) is 0 Å². The third-order valence-corrected chi connectivity index (χ3v) is 5.32. The maximum Gasteiger partial charge on any atom is 0.335 e. The largest absolute Gasteiger partial charge is 0.478 e. The Morgan fingerprint density at radius 2 is 1.97 bits per heavy atom. The van der Waals surface area contributed by atoms with Crippen LogP contribution in [0, 0.1) is 12.7 Å². The van der Waals surface area contributed by atoms with Gasteiger partial charge in [-0.05, 0) is 55.0 Å². The van der Waals surface area contributed by atoms with Gasteiger partial charge in [0.25, 0.3) is 5.91 Å². The maximum atomic E-state index is 14.7. The van der Waals surface area contributed by atoms with E-state index in [1.807, 2.05) is 0 Å². The number of benzene rings is 2. The Bertz CT molecular complexity index is 1330. The van der Waals surface area contributed by atoms with E-state index in [0.717, 1.165) is 15.2 Å². The lowest BCUT2D eigenvalue weighted by Crippen LogP contribution is -2.15. The zero-order valence-corrected chi connectivity index (χ0v) is 17.7. The molecule has 1 N–H and O–H groups in total. The van der Waals surface area contributed by atoms with E-state index < -0.39 is 17.7 Å². The first-order valence-corrected chi connectivity index (χ1v) is 9.82. The van der Waals surface area contributed by atoms with Gasteiger partial charge in [0.1, 0.15) is 17.0 Å².